The predicted molar refractivity (Wildman–Crippen MR) is 75.4 cm³/mol. The van der Waals surface area contributed by atoms with E-state index < -0.39 is 0 Å². The second-order valence-corrected chi connectivity index (χ2v) is 5.60. The van der Waals surface area contributed by atoms with E-state index in [1.54, 1.807) is 24.1 Å². The lowest BCUT2D eigenvalue weighted by atomic mass is 9.93. The van der Waals surface area contributed by atoms with Crippen molar-refractivity contribution in [2.45, 2.75) is 20.8 Å². The van der Waals surface area contributed by atoms with E-state index in [1.807, 2.05) is 26.8 Å². The third-order valence-corrected chi connectivity index (χ3v) is 3.06. The van der Waals surface area contributed by atoms with Crippen molar-refractivity contribution in [3.63, 3.8) is 0 Å². The van der Waals surface area contributed by atoms with Crippen LogP contribution in [0.4, 0.5) is 5.69 Å². The van der Waals surface area contributed by atoms with Gasteiger partial charge in [-0.15, -0.1) is 0 Å². The van der Waals surface area contributed by atoms with Crippen LogP contribution in [0.25, 0.3) is 0 Å². The highest BCUT2D eigenvalue weighted by Gasteiger charge is 2.22. The molecule has 1 rings (SSSR count). The van der Waals surface area contributed by atoms with Gasteiger partial charge in [-0.25, -0.2) is 0 Å². The highest BCUT2D eigenvalue weighted by Crippen LogP contribution is 2.18. The van der Waals surface area contributed by atoms with Crippen LogP contribution in [-0.2, 0) is 0 Å². The maximum absolute atomic E-state index is 12.3. The summed E-state index contributed by atoms with van der Waals surface area (Å²) < 4.78 is 0. The second-order valence-electron chi connectivity index (χ2n) is 5.60. The summed E-state index contributed by atoms with van der Waals surface area (Å²) in [5.74, 6) is -0.0127. The van der Waals surface area contributed by atoms with E-state index in [-0.39, 0.29) is 11.3 Å². The maximum Gasteiger partial charge on any atom is 0.253 e. The van der Waals surface area contributed by atoms with Crippen LogP contribution in [0.5, 0.6) is 0 Å². The number of aryl methyl sites for hydroxylation is 1. The normalized spacial score (nSPS) is 11.4. The van der Waals surface area contributed by atoms with Crippen LogP contribution in [0.2, 0.25) is 0 Å². The number of hydrogen-bond donors (Lipinski definition) is 2. The maximum atomic E-state index is 12.3. The van der Waals surface area contributed by atoms with Crippen molar-refractivity contribution in [2.24, 2.45) is 11.1 Å². The molecule has 0 aliphatic heterocycles. The Morgan fingerprint density at radius 3 is 2.56 bits per heavy atom. The molecule has 18 heavy (non-hydrogen) atoms. The van der Waals surface area contributed by atoms with Crippen molar-refractivity contribution < 1.29 is 4.79 Å². The van der Waals surface area contributed by atoms with Gasteiger partial charge in [-0.1, -0.05) is 19.9 Å². The number of anilines is 1. The zero-order valence-corrected chi connectivity index (χ0v) is 11.7. The average molecular weight is 249 g/mol. The minimum absolute atomic E-state index is 0.0127. The summed E-state index contributed by atoms with van der Waals surface area (Å²) >= 11 is 0. The number of benzene rings is 1. The molecule has 0 fully saturated rings. The first-order valence-electron chi connectivity index (χ1n) is 6.08. The Hall–Kier alpha value is -1.55. The molecule has 4 heteroatoms. The lowest BCUT2D eigenvalue weighted by Crippen LogP contribution is -2.40. The summed E-state index contributed by atoms with van der Waals surface area (Å²) in [6.45, 7) is 7.16. The highest BCUT2D eigenvalue weighted by atomic mass is 16.2. The standard InChI is InChI=1S/C14H23N3O/c1-10-5-6-11(16)7-12(10)13(18)17(4)9-14(2,3)8-15/h5-7H,8-9,15-16H2,1-4H3. The Labute approximate surface area is 109 Å². The number of rotatable bonds is 4. The van der Waals surface area contributed by atoms with Crippen LogP contribution < -0.4 is 11.5 Å². The number of amides is 1. The molecule has 0 unspecified atom stereocenters. The molecule has 0 radical (unpaired) electrons. The molecule has 100 valence electrons. The van der Waals surface area contributed by atoms with Crippen molar-refractivity contribution in [3.8, 4) is 0 Å². The first kappa shape index (κ1) is 14.5. The van der Waals surface area contributed by atoms with Crippen LogP contribution in [-0.4, -0.2) is 30.9 Å². The van der Waals surface area contributed by atoms with Gasteiger partial charge in [0.25, 0.3) is 5.91 Å². The molecular weight excluding hydrogens is 226 g/mol. The summed E-state index contributed by atoms with van der Waals surface area (Å²) in [6, 6.07) is 5.39. The topological polar surface area (TPSA) is 72.4 Å². The van der Waals surface area contributed by atoms with Crippen molar-refractivity contribution in [1.82, 2.24) is 4.90 Å². The van der Waals surface area contributed by atoms with E-state index in [4.69, 9.17) is 11.5 Å². The summed E-state index contributed by atoms with van der Waals surface area (Å²) in [7, 11) is 1.79. The van der Waals surface area contributed by atoms with E-state index in [2.05, 4.69) is 0 Å². The number of nitrogens with zero attached hydrogens (tertiary/aromatic N) is 1. The molecule has 1 aromatic carbocycles. The molecule has 0 aromatic heterocycles. The van der Waals surface area contributed by atoms with Crippen molar-refractivity contribution >= 4 is 11.6 Å². The predicted octanol–water partition coefficient (Wildman–Crippen LogP) is 1.63. The molecule has 1 amide bonds. The number of hydrogen-bond acceptors (Lipinski definition) is 3. The van der Waals surface area contributed by atoms with E-state index in [0.717, 1.165) is 5.56 Å². The lowest BCUT2D eigenvalue weighted by molar-refractivity contribution is 0.0740. The monoisotopic (exact) mass is 249 g/mol. The number of nitrogens with two attached hydrogens (primary N) is 2. The zero-order chi connectivity index (χ0) is 13.9. The van der Waals surface area contributed by atoms with E-state index >= 15 is 0 Å². The quantitative estimate of drug-likeness (QED) is 0.797. The van der Waals surface area contributed by atoms with E-state index in [9.17, 15) is 4.79 Å². The molecule has 0 aliphatic carbocycles. The van der Waals surface area contributed by atoms with E-state index in [0.29, 0.717) is 24.3 Å². The van der Waals surface area contributed by atoms with Gasteiger partial charge in [-0.2, -0.15) is 0 Å². The van der Waals surface area contributed by atoms with Crippen LogP contribution in [0.15, 0.2) is 18.2 Å². The Balaban J connectivity index is 2.90. The smallest absolute Gasteiger partial charge is 0.253 e. The Morgan fingerprint density at radius 1 is 1.39 bits per heavy atom. The summed E-state index contributed by atoms with van der Waals surface area (Å²) in [6.07, 6.45) is 0. The molecular formula is C14H23N3O. The Kier molecular flexibility index (Phi) is 4.35. The van der Waals surface area contributed by atoms with Crippen LogP contribution in [0.3, 0.4) is 0 Å². The van der Waals surface area contributed by atoms with Gasteiger partial charge in [0.1, 0.15) is 0 Å². The largest absolute Gasteiger partial charge is 0.399 e. The SMILES string of the molecule is Cc1ccc(N)cc1C(=O)N(C)CC(C)(C)CN. The third kappa shape index (κ3) is 3.47. The molecule has 0 bridgehead atoms. The zero-order valence-electron chi connectivity index (χ0n) is 11.7. The number of carbonyl (C=O) groups excluding carboxylic acids is 1. The number of carbonyl (C=O) groups is 1. The molecule has 0 spiro atoms. The van der Waals surface area contributed by atoms with Gasteiger partial charge in [0.15, 0.2) is 0 Å². The third-order valence-electron chi connectivity index (χ3n) is 3.06. The first-order valence-corrected chi connectivity index (χ1v) is 6.08. The lowest BCUT2D eigenvalue weighted by Gasteiger charge is -2.29. The fraction of sp³-hybridized carbons (Fsp3) is 0.500. The highest BCUT2D eigenvalue weighted by molar-refractivity contribution is 5.96. The molecule has 0 aliphatic rings. The summed E-state index contributed by atoms with van der Waals surface area (Å²) in [5.41, 5.74) is 13.5. The second kappa shape index (κ2) is 5.40. The Bertz CT molecular complexity index is 441. The average Bonchev–Trinajstić information content (AvgIpc) is 2.31. The van der Waals surface area contributed by atoms with Crippen molar-refractivity contribution in [3.05, 3.63) is 29.3 Å². The summed E-state index contributed by atoms with van der Waals surface area (Å²) in [4.78, 5) is 14.0. The minimum Gasteiger partial charge on any atom is -0.399 e. The fourth-order valence-corrected chi connectivity index (χ4v) is 1.85. The first-order chi connectivity index (χ1) is 8.26. The summed E-state index contributed by atoms with van der Waals surface area (Å²) in [5, 5.41) is 0. The molecule has 0 saturated carbocycles. The van der Waals surface area contributed by atoms with Crippen molar-refractivity contribution in [1.29, 1.82) is 0 Å². The molecule has 0 heterocycles. The van der Waals surface area contributed by atoms with Gasteiger partial charge in [0.2, 0.25) is 0 Å². The fourth-order valence-electron chi connectivity index (χ4n) is 1.85. The van der Waals surface area contributed by atoms with Crippen molar-refractivity contribution in [2.75, 3.05) is 25.9 Å². The van der Waals surface area contributed by atoms with Gasteiger partial charge >= 0.3 is 0 Å². The van der Waals surface area contributed by atoms with Crippen LogP contribution >= 0.6 is 0 Å². The van der Waals surface area contributed by atoms with Crippen LogP contribution in [0.1, 0.15) is 29.8 Å². The Morgan fingerprint density at radius 2 is 2.00 bits per heavy atom. The molecule has 0 atom stereocenters. The van der Waals surface area contributed by atoms with Gasteiger partial charge in [-0.3, -0.25) is 4.79 Å². The van der Waals surface area contributed by atoms with E-state index in [1.165, 1.54) is 0 Å². The molecule has 4 nitrogen and oxygen atoms in total. The molecule has 4 N–H and O–H groups in total. The van der Waals surface area contributed by atoms with Gasteiger partial charge in [-0.05, 0) is 36.6 Å². The molecule has 1 aromatic rings. The van der Waals surface area contributed by atoms with Crippen LogP contribution in [0, 0.1) is 12.3 Å². The van der Waals surface area contributed by atoms with Gasteiger partial charge in [0, 0.05) is 24.8 Å². The van der Waals surface area contributed by atoms with Gasteiger partial charge < -0.3 is 16.4 Å². The number of nitrogen functional groups attached to an aromatic ring is 1. The minimum atomic E-state index is -0.0847. The molecule has 0 saturated heterocycles. The van der Waals surface area contributed by atoms with Gasteiger partial charge in [0.05, 0.1) is 0 Å².